The minimum absolute atomic E-state index is 0.303. The number of pyridine rings is 1. The number of esters is 1. The van der Waals surface area contributed by atoms with Crippen molar-refractivity contribution in [3.63, 3.8) is 0 Å². The van der Waals surface area contributed by atoms with Gasteiger partial charge in [-0.15, -0.1) is 0 Å². The molecule has 1 aromatic heterocycles. The van der Waals surface area contributed by atoms with Crippen LogP contribution in [0.4, 0.5) is 0 Å². The van der Waals surface area contributed by atoms with Crippen LogP contribution in [0.15, 0.2) is 24.3 Å². The first-order chi connectivity index (χ1) is 9.56. The number of nitrogens with zero attached hydrogens (tertiary/aromatic N) is 1. The summed E-state index contributed by atoms with van der Waals surface area (Å²) in [6.45, 7) is 6.36. The number of aromatic nitrogens is 1. The van der Waals surface area contributed by atoms with E-state index in [1.807, 2.05) is 12.1 Å². The van der Waals surface area contributed by atoms with Crippen molar-refractivity contribution in [1.82, 2.24) is 4.98 Å². The molecule has 4 nitrogen and oxygen atoms in total. The van der Waals surface area contributed by atoms with E-state index in [9.17, 15) is 4.79 Å². The number of benzene rings is 1. The Morgan fingerprint density at radius 2 is 2.05 bits per heavy atom. The zero-order valence-corrected chi connectivity index (χ0v) is 12.3. The molecule has 0 saturated heterocycles. The van der Waals surface area contributed by atoms with E-state index in [1.54, 1.807) is 13.0 Å². The second-order valence-corrected chi connectivity index (χ2v) is 4.87. The maximum Gasteiger partial charge on any atom is 0.343 e. The molecule has 106 valence electrons. The Kier molecular flexibility index (Phi) is 4.23. The summed E-state index contributed by atoms with van der Waals surface area (Å²) < 4.78 is 10.2. The molecule has 0 unspecified atom stereocenters. The lowest BCUT2D eigenvalue weighted by atomic mass is 10.0. The molecule has 0 N–H and O–H groups in total. The van der Waals surface area contributed by atoms with Crippen molar-refractivity contribution in [2.24, 2.45) is 0 Å². The molecule has 1 heterocycles. The second-order valence-electron chi connectivity index (χ2n) is 4.87. The Morgan fingerprint density at radius 3 is 2.65 bits per heavy atom. The van der Waals surface area contributed by atoms with Crippen LogP contribution in [-0.2, 0) is 4.74 Å². The summed E-state index contributed by atoms with van der Waals surface area (Å²) >= 11 is 0. The van der Waals surface area contributed by atoms with Gasteiger partial charge in [-0.25, -0.2) is 9.78 Å². The Hall–Kier alpha value is -2.10. The third-order valence-corrected chi connectivity index (χ3v) is 3.16. The van der Waals surface area contributed by atoms with Gasteiger partial charge in [0.05, 0.1) is 19.2 Å². The van der Waals surface area contributed by atoms with Gasteiger partial charge in [0.25, 0.3) is 0 Å². The first-order valence-electron chi connectivity index (χ1n) is 6.72. The molecular weight excluding hydrogens is 254 g/mol. The van der Waals surface area contributed by atoms with Crippen molar-refractivity contribution in [3.8, 4) is 5.88 Å². The van der Waals surface area contributed by atoms with Gasteiger partial charge < -0.3 is 9.47 Å². The summed E-state index contributed by atoms with van der Waals surface area (Å²) in [4.78, 5) is 16.3. The van der Waals surface area contributed by atoms with E-state index in [-0.39, 0.29) is 0 Å². The second kappa shape index (κ2) is 5.90. The Morgan fingerprint density at radius 1 is 1.30 bits per heavy atom. The summed E-state index contributed by atoms with van der Waals surface area (Å²) in [7, 11) is 1.50. The molecule has 0 amide bonds. The molecular formula is C16H19NO3. The summed E-state index contributed by atoms with van der Waals surface area (Å²) in [5.74, 6) is 0.320. The van der Waals surface area contributed by atoms with Crippen LogP contribution in [-0.4, -0.2) is 24.7 Å². The lowest BCUT2D eigenvalue weighted by molar-refractivity contribution is 0.0522. The molecule has 4 heteroatoms. The number of fused-ring (bicyclic) bond motifs is 1. The number of carbonyl (C=O) groups is 1. The van der Waals surface area contributed by atoms with Crippen LogP contribution in [0.25, 0.3) is 10.9 Å². The lowest BCUT2D eigenvalue weighted by Crippen LogP contribution is -2.08. The molecule has 1 aromatic carbocycles. The van der Waals surface area contributed by atoms with Crippen LogP contribution >= 0.6 is 0 Å². The zero-order valence-electron chi connectivity index (χ0n) is 12.3. The van der Waals surface area contributed by atoms with Crippen LogP contribution < -0.4 is 4.74 Å². The van der Waals surface area contributed by atoms with Crippen LogP contribution in [0, 0.1) is 0 Å². The van der Waals surface area contributed by atoms with E-state index in [0.717, 1.165) is 10.9 Å². The molecule has 0 fully saturated rings. The predicted molar refractivity (Wildman–Crippen MR) is 78.3 cm³/mol. The lowest BCUT2D eigenvalue weighted by Gasteiger charge is -2.10. The number of methoxy groups -OCH3 is 1. The van der Waals surface area contributed by atoms with Crippen LogP contribution in [0.1, 0.15) is 42.6 Å². The van der Waals surface area contributed by atoms with Gasteiger partial charge in [-0.05, 0) is 30.5 Å². The molecule has 2 rings (SSSR count). The van der Waals surface area contributed by atoms with E-state index in [0.29, 0.717) is 24.0 Å². The number of hydrogen-bond acceptors (Lipinski definition) is 4. The molecule has 0 saturated carbocycles. The fourth-order valence-corrected chi connectivity index (χ4v) is 2.04. The SMILES string of the molecule is CCOC(=O)c1cc2ccc(C(C)C)cc2nc1OC. The third kappa shape index (κ3) is 2.74. The molecule has 0 radical (unpaired) electrons. The summed E-state index contributed by atoms with van der Waals surface area (Å²) in [5, 5.41) is 0.901. The topological polar surface area (TPSA) is 48.4 Å². The van der Waals surface area contributed by atoms with Crippen molar-refractivity contribution < 1.29 is 14.3 Å². The van der Waals surface area contributed by atoms with Gasteiger partial charge in [0.15, 0.2) is 0 Å². The quantitative estimate of drug-likeness (QED) is 0.799. The molecule has 0 bridgehead atoms. The van der Waals surface area contributed by atoms with E-state index in [2.05, 4.69) is 24.9 Å². The van der Waals surface area contributed by atoms with Crippen molar-refractivity contribution in [1.29, 1.82) is 0 Å². The predicted octanol–water partition coefficient (Wildman–Crippen LogP) is 3.54. The van der Waals surface area contributed by atoms with Gasteiger partial charge in [0.1, 0.15) is 5.56 Å². The van der Waals surface area contributed by atoms with Crippen molar-refractivity contribution >= 4 is 16.9 Å². The van der Waals surface area contributed by atoms with Crippen molar-refractivity contribution in [2.75, 3.05) is 13.7 Å². The normalized spacial score (nSPS) is 10.8. The van der Waals surface area contributed by atoms with E-state index in [1.165, 1.54) is 12.7 Å². The molecule has 0 aliphatic carbocycles. The van der Waals surface area contributed by atoms with Crippen LogP contribution in [0.5, 0.6) is 5.88 Å². The average Bonchev–Trinajstić information content (AvgIpc) is 2.45. The van der Waals surface area contributed by atoms with Gasteiger partial charge in [-0.1, -0.05) is 26.0 Å². The van der Waals surface area contributed by atoms with Gasteiger partial charge in [-0.2, -0.15) is 0 Å². The fourth-order valence-electron chi connectivity index (χ4n) is 2.04. The Bertz CT molecular complexity index is 635. The average molecular weight is 273 g/mol. The minimum Gasteiger partial charge on any atom is -0.480 e. The van der Waals surface area contributed by atoms with Crippen molar-refractivity contribution in [3.05, 3.63) is 35.4 Å². The highest BCUT2D eigenvalue weighted by Crippen LogP contribution is 2.26. The largest absolute Gasteiger partial charge is 0.480 e. The first kappa shape index (κ1) is 14.3. The van der Waals surface area contributed by atoms with Crippen LogP contribution in [0.2, 0.25) is 0 Å². The number of hydrogen-bond donors (Lipinski definition) is 0. The van der Waals surface area contributed by atoms with Gasteiger partial charge in [0, 0.05) is 5.39 Å². The number of carbonyl (C=O) groups excluding carboxylic acids is 1. The van der Waals surface area contributed by atoms with E-state index < -0.39 is 5.97 Å². The highest BCUT2D eigenvalue weighted by molar-refractivity contribution is 5.96. The molecule has 20 heavy (non-hydrogen) atoms. The zero-order chi connectivity index (χ0) is 14.7. The molecule has 0 aliphatic rings. The van der Waals surface area contributed by atoms with Gasteiger partial charge in [0.2, 0.25) is 5.88 Å². The highest BCUT2D eigenvalue weighted by Gasteiger charge is 2.16. The molecule has 0 aliphatic heterocycles. The number of rotatable bonds is 4. The minimum atomic E-state index is -0.410. The standard InChI is InChI=1S/C16H19NO3/c1-5-20-16(18)13-8-12-7-6-11(10(2)3)9-14(12)17-15(13)19-4/h6-10H,5H2,1-4H3. The Balaban J connectivity index is 2.56. The summed E-state index contributed by atoms with van der Waals surface area (Å²) in [6.07, 6.45) is 0. The monoisotopic (exact) mass is 273 g/mol. The summed E-state index contributed by atoms with van der Waals surface area (Å²) in [5.41, 5.74) is 2.39. The van der Waals surface area contributed by atoms with Gasteiger partial charge >= 0.3 is 5.97 Å². The van der Waals surface area contributed by atoms with Crippen molar-refractivity contribution in [2.45, 2.75) is 26.7 Å². The first-order valence-corrected chi connectivity index (χ1v) is 6.72. The molecule has 0 atom stereocenters. The Labute approximate surface area is 118 Å². The maximum atomic E-state index is 11.9. The number of ether oxygens (including phenoxy) is 2. The van der Waals surface area contributed by atoms with E-state index in [4.69, 9.17) is 9.47 Å². The van der Waals surface area contributed by atoms with Crippen LogP contribution in [0.3, 0.4) is 0 Å². The van der Waals surface area contributed by atoms with Gasteiger partial charge in [-0.3, -0.25) is 0 Å². The maximum absolute atomic E-state index is 11.9. The third-order valence-electron chi connectivity index (χ3n) is 3.16. The summed E-state index contributed by atoms with van der Waals surface area (Å²) in [6, 6.07) is 7.82. The fraction of sp³-hybridized carbons (Fsp3) is 0.375. The smallest absolute Gasteiger partial charge is 0.343 e. The molecule has 0 spiro atoms. The van der Waals surface area contributed by atoms with E-state index >= 15 is 0 Å². The molecule has 2 aromatic rings. The highest BCUT2D eigenvalue weighted by atomic mass is 16.5.